The number of aliphatic carboxylic acids is 1. The van der Waals surface area contributed by atoms with E-state index in [4.69, 9.17) is 5.11 Å². The minimum absolute atomic E-state index is 0.0758. The number of halogens is 1. The van der Waals surface area contributed by atoms with Crippen LogP contribution >= 0.6 is 0 Å². The van der Waals surface area contributed by atoms with E-state index in [1.165, 1.54) is 12.3 Å². The minimum atomic E-state index is -1.09. The summed E-state index contributed by atoms with van der Waals surface area (Å²) in [6.45, 7) is 0. The SMILES string of the molecule is O=C(O)Cc1cc(-c2ccncc2)cnc1F. The molecule has 0 aliphatic carbocycles. The number of carboxylic acids is 1. The van der Waals surface area contributed by atoms with Crippen molar-refractivity contribution in [3.63, 3.8) is 0 Å². The second-order valence-corrected chi connectivity index (χ2v) is 3.48. The zero-order chi connectivity index (χ0) is 12.3. The molecule has 0 bridgehead atoms. The van der Waals surface area contributed by atoms with Gasteiger partial charge in [-0.1, -0.05) is 0 Å². The van der Waals surface area contributed by atoms with Crippen LogP contribution in [0.5, 0.6) is 0 Å². The third kappa shape index (κ3) is 2.63. The highest BCUT2D eigenvalue weighted by Crippen LogP contribution is 2.20. The highest BCUT2D eigenvalue weighted by atomic mass is 19.1. The average molecular weight is 232 g/mol. The van der Waals surface area contributed by atoms with Crippen molar-refractivity contribution in [1.82, 2.24) is 9.97 Å². The van der Waals surface area contributed by atoms with Crippen LogP contribution in [-0.2, 0) is 11.2 Å². The normalized spacial score (nSPS) is 10.2. The summed E-state index contributed by atoms with van der Waals surface area (Å²) in [7, 11) is 0. The topological polar surface area (TPSA) is 63.1 Å². The van der Waals surface area contributed by atoms with Crippen molar-refractivity contribution in [2.24, 2.45) is 0 Å². The molecule has 4 nitrogen and oxygen atoms in total. The van der Waals surface area contributed by atoms with Gasteiger partial charge in [-0.25, -0.2) is 4.98 Å². The maximum absolute atomic E-state index is 13.3. The van der Waals surface area contributed by atoms with Gasteiger partial charge in [0.05, 0.1) is 6.42 Å². The molecule has 0 unspecified atom stereocenters. The monoisotopic (exact) mass is 232 g/mol. The maximum atomic E-state index is 13.3. The lowest BCUT2D eigenvalue weighted by Crippen LogP contribution is -2.04. The first-order valence-corrected chi connectivity index (χ1v) is 4.93. The van der Waals surface area contributed by atoms with E-state index < -0.39 is 11.9 Å². The quantitative estimate of drug-likeness (QED) is 0.821. The van der Waals surface area contributed by atoms with Gasteiger partial charge in [-0.05, 0) is 23.8 Å². The Hall–Kier alpha value is -2.30. The zero-order valence-corrected chi connectivity index (χ0v) is 8.80. The molecule has 0 saturated heterocycles. The number of carbonyl (C=O) groups is 1. The van der Waals surface area contributed by atoms with Crippen molar-refractivity contribution in [2.75, 3.05) is 0 Å². The highest BCUT2D eigenvalue weighted by Gasteiger charge is 2.09. The molecule has 0 fully saturated rings. The summed E-state index contributed by atoms with van der Waals surface area (Å²) in [4.78, 5) is 18.0. The molecule has 86 valence electrons. The molecule has 0 atom stereocenters. The Balaban J connectivity index is 2.41. The second-order valence-electron chi connectivity index (χ2n) is 3.48. The molecule has 5 heteroatoms. The van der Waals surface area contributed by atoms with Crippen LogP contribution in [0.2, 0.25) is 0 Å². The van der Waals surface area contributed by atoms with Crippen LogP contribution in [0.25, 0.3) is 11.1 Å². The van der Waals surface area contributed by atoms with E-state index in [9.17, 15) is 9.18 Å². The summed E-state index contributed by atoms with van der Waals surface area (Å²) in [6.07, 6.45) is 4.21. The van der Waals surface area contributed by atoms with E-state index in [1.807, 2.05) is 0 Å². The summed E-state index contributed by atoms with van der Waals surface area (Å²) in [5.41, 5.74) is 1.57. The summed E-state index contributed by atoms with van der Waals surface area (Å²) in [5.74, 6) is -1.83. The third-order valence-electron chi connectivity index (χ3n) is 2.27. The number of aromatic nitrogens is 2. The summed E-state index contributed by atoms with van der Waals surface area (Å²) in [5, 5.41) is 8.65. The van der Waals surface area contributed by atoms with E-state index in [2.05, 4.69) is 9.97 Å². The molecule has 17 heavy (non-hydrogen) atoms. The average Bonchev–Trinajstić information content (AvgIpc) is 2.32. The molecule has 0 aliphatic heterocycles. The lowest BCUT2D eigenvalue weighted by Gasteiger charge is -2.04. The minimum Gasteiger partial charge on any atom is -0.481 e. The third-order valence-corrected chi connectivity index (χ3v) is 2.27. The standard InChI is InChI=1S/C12H9FN2O2/c13-12-9(6-11(16)17)5-10(7-15-12)8-1-3-14-4-2-8/h1-5,7H,6H2,(H,16,17). The molecule has 2 heterocycles. The van der Waals surface area contributed by atoms with Crippen molar-refractivity contribution in [2.45, 2.75) is 6.42 Å². The van der Waals surface area contributed by atoms with Crippen LogP contribution in [0.15, 0.2) is 36.8 Å². The van der Waals surface area contributed by atoms with Crippen LogP contribution in [0.1, 0.15) is 5.56 Å². The van der Waals surface area contributed by atoms with E-state index >= 15 is 0 Å². The molecular formula is C12H9FN2O2. The van der Waals surface area contributed by atoms with E-state index in [1.54, 1.807) is 24.5 Å². The van der Waals surface area contributed by atoms with Crippen LogP contribution < -0.4 is 0 Å². The smallest absolute Gasteiger partial charge is 0.307 e. The maximum Gasteiger partial charge on any atom is 0.307 e. The first-order chi connectivity index (χ1) is 8.16. The van der Waals surface area contributed by atoms with Crippen molar-refractivity contribution in [3.05, 3.63) is 48.3 Å². The van der Waals surface area contributed by atoms with Gasteiger partial charge < -0.3 is 5.11 Å². The summed E-state index contributed by atoms with van der Waals surface area (Å²) < 4.78 is 13.3. The number of rotatable bonds is 3. The Morgan fingerprint density at radius 2 is 2.00 bits per heavy atom. The van der Waals surface area contributed by atoms with E-state index in [0.29, 0.717) is 5.56 Å². The van der Waals surface area contributed by atoms with Gasteiger partial charge >= 0.3 is 5.97 Å². The number of carboxylic acid groups (broad SMARTS) is 1. The lowest BCUT2D eigenvalue weighted by molar-refractivity contribution is -0.136. The van der Waals surface area contributed by atoms with Gasteiger partial charge in [0.15, 0.2) is 0 Å². The van der Waals surface area contributed by atoms with Crippen molar-refractivity contribution < 1.29 is 14.3 Å². The number of hydrogen-bond donors (Lipinski definition) is 1. The second kappa shape index (κ2) is 4.69. The van der Waals surface area contributed by atoms with Gasteiger partial charge in [0.25, 0.3) is 0 Å². The number of hydrogen-bond acceptors (Lipinski definition) is 3. The molecule has 1 N–H and O–H groups in total. The van der Waals surface area contributed by atoms with E-state index in [-0.39, 0.29) is 12.0 Å². The van der Waals surface area contributed by atoms with Gasteiger partial charge in [0.2, 0.25) is 5.95 Å². The fraction of sp³-hybridized carbons (Fsp3) is 0.0833. The van der Waals surface area contributed by atoms with Gasteiger partial charge in [0.1, 0.15) is 0 Å². The summed E-state index contributed by atoms with van der Waals surface area (Å²) >= 11 is 0. The molecule has 2 aromatic heterocycles. The molecule has 2 rings (SSSR count). The van der Waals surface area contributed by atoms with Crippen LogP contribution in [-0.4, -0.2) is 21.0 Å². The molecule has 0 aliphatic rings. The van der Waals surface area contributed by atoms with Gasteiger partial charge in [-0.3, -0.25) is 9.78 Å². The van der Waals surface area contributed by atoms with Crippen molar-refractivity contribution in [1.29, 1.82) is 0 Å². The van der Waals surface area contributed by atoms with Gasteiger partial charge in [-0.15, -0.1) is 0 Å². The highest BCUT2D eigenvalue weighted by molar-refractivity contribution is 5.71. The summed E-state index contributed by atoms with van der Waals surface area (Å²) in [6, 6.07) is 4.99. The van der Waals surface area contributed by atoms with Crippen LogP contribution in [0.4, 0.5) is 4.39 Å². The molecule has 0 amide bonds. The molecule has 0 radical (unpaired) electrons. The van der Waals surface area contributed by atoms with Gasteiger partial charge in [-0.2, -0.15) is 4.39 Å². The van der Waals surface area contributed by atoms with E-state index in [0.717, 1.165) is 5.56 Å². The Morgan fingerprint density at radius 3 is 2.65 bits per heavy atom. The van der Waals surface area contributed by atoms with Crippen LogP contribution in [0.3, 0.4) is 0 Å². The largest absolute Gasteiger partial charge is 0.481 e. The Bertz CT molecular complexity index is 543. The number of nitrogens with zero attached hydrogens (tertiary/aromatic N) is 2. The fourth-order valence-electron chi connectivity index (χ4n) is 1.48. The number of pyridine rings is 2. The Morgan fingerprint density at radius 1 is 1.29 bits per heavy atom. The predicted octanol–water partition coefficient (Wildman–Crippen LogP) is 1.91. The lowest BCUT2D eigenvalue weighted by atomic mass is 10.1. The predicted molar refractivity (Wildman–Crippen MR) is 58.8 cm³/mol. The molecule has 2 aromatic rings. The van der Waals surface area contributed by atoms with Crippen LogP contribution in [0, 0.1) is 5.95 Å². The van der Waals surface area contributed by atoms with Crippen molar-refractivity contribution in [3.8, 4) is 11.1 Å². The van der Waals surface area contributed by atoms with Gasteiger partial charge in [0, 0.05) is 29.7 Å². The first-order valence-electron chi connectivity index (χ1n) is 4.93. The molecule has 0 spiro atoms. The molecule has 0 saturated carbocycles. The fourth-order valence-corrected chi connectivity index (χ4v) is 1.48. The van der Waals surface area contributed by atoms with Crippen molar-refractivity contribution >= 4 is 5.97 Å². The zero-order valence-electron chi connectivity index (χ0n) is 8.80. The molecular weight excluding hydrogens is 223 g/mol. The Labute approximate surface area is 96.8 Å². The first kappa shape index (κ1) is 11.2. The Kier molecular flexibility index (Phi) is 3.09. The molecule has 0 aromatic carbocycles.